The van der Waals surface area contributed by atoms with Crippen LogP contribution in [0.4, 0.5) is 0 Å². The minimum atomic E-state index is 0.00643. The molecule has 0 radical (unpaired) electrons. The fraction of sp³-hybridized carbons (Fsp3) is 0.650. The van der Waals surface area contributed by atoms with Gasteiger partial charge >= 0.3 is 0 Å². The van der Waals surface area contributed by atoms with Crippen molar-refractivity contribution in [2.45, 2.75) is 58.7 Å². The van der Waals surface area contributed by atoms with Gasteiger partial charge in [-0.25, -0.2) is 4.99 Å². The van der Waals surface area contributed by atoms with Gasteiger partial charge in [0, 0.05) is 31.7 Å². The average molecular weight is 425 g/mol. The van der Waals surface area contributed by atoms with E-state index >= 15 is 0 Å². The maximum Gasteiger partial charge on any atom is 0.191 e. The minimum absolute atomic E-state index is 0.00643. The van der Waals surface area contributed by atoms with Crippen LogP contribution in [-0.2, 0) is 0 Å². The van der Waals surface area contributed by atoms with Gasteiger partial charge in [0.1, 0.15) is 11.9 Å². The molecular formula is C20H33BrN4O. The number of likely N-dealkylation sites (tertiary alicyclic amines) is 1. The molecule has 0 aliphatic carbocycles. The lowest BCUT2D eigenvalue weighted by atomic mass is 10.0. The fourth-order valence-corrected chi connectivity index (χ4v) is 3.47. The zero-order valence-corrected chi connectivity index (χ0v) is 18.1. The molecule has 2 N–H and O–H groups in total. The van der Waals surface area contributed by atoms with Gasteiger partial charge < -0.3 is 20.3 Å². The molecule has 2 rings (SSSR count). The number of guanidine groups is 1. The van der Waals surface area contributed by atoms with Crippen LogP contribution in [0, 0.1) is 0 Å². The molecule has 0 spiro atoms. The molecule has 0 saturated carbocycles. The van der Waals surface area contributed by atoms with Crippen LogP contribution in [0.15, 0.2) is 33.7 Å². The molecule has 26 heavy (non-hydrogen) atoms. The molecule has 1 aliphatic rings. The highest BCUT2D eigenvalue weighted by molar-refractivity contribution is 9.10. The second kappa shape index (κ2) is 10.8. The topological polar surface area (TPSA) is 48.9 Å². The van der Waals surface area contributed by atoms with Crippen LogP contribution in [0.2, 0.25) is 0 Å². The Morgan fingerprint density at radius 2 is 1.96 bits per heavy atom. The average Bonchev–Trinajstić information content (AvgIpc) is 2.62. The van der Waals surface area contributed by atoms with Crippen molar-refractivity contribution in [3.63, 3.8) is 0 Å². The number of piperidine rings is 1. The highest BCUT2D eigenvalue weighted by atomic mass is 79.9. The first-order valence-electron chi connectivity index (χ1n) is 9.69. The van der Waals surface area contributed by atoms with Gasteiger partial charge in [0.25, 0.3) is 0 Å². The summed E-state index contributed by atoms with van der Waals surface area (Å²) in [7, 11) is 0. The van der Waals surface area contributed by atoms with Gasteiger partial charge in [-0.1, -0.05) is 12.1 Å². The van der Waals surface area contributed by atoms with Crippen molar-refractivity contribution >= 4 is 21.9 Å². The summed E-state index contributed by atoms with van der Waals surface area (Å²) in [5.41, 5.74) is 0. The summed E-state index contributed by atoms with van der Waals surface area (Å²) < 4.78 is 6.96. The summed E-state index contributed by atoms with van der Waals surface area (Å²) in [4.78, 5) is 7.27. The number of ether oxygens (including phenoxy) is 1. The van der Waals surface area contributed by atoms with Crippen molar-refractivity contribution in [3.05, 3.63) is 28.7 Å². The number of nitrogens with one attached hydrogen (secondary N) is 2. The Hall–Kier alpha value is -1.27. The van der Waals surface area contributed by atoms with E-state index in [1.807, 2.05) is 31.2 Å². The molecule has 6 heteroatoms. The Balaban J connectivity index is 1.85. The summed E-state index contributed by atoms with van der Waals surface area (Å²) in [6.07, 6.45) is 2.32. The van der Waals surface area contributed by atoms with Crippen molar-refractivity contribution in [3.8, 4) is 5.75 Å². The standard InChI is InChI=1S/C20H33BrN4O/c1-5-22-20(24-17-10-12-25(13-11-17)15(2)3)23-14-16(4)26-19-9-7-6-8-18(19)21/h6-9,15-17H,5,10-14H2,1-4H3,(H2,22,23,24). The van der Waals surface area contributed by atoms with Crippen LogP contribution in [0.1, 0.15) is 40.5 Å². The van der Waals surface area contributed by atoms with Crippen molar-refractivity contribution in [2.75, 3.05) is 26.2 Å². The van der Waals surface area contributed by atoms with Gasteiger partial charge in [0.2, 0.25) is 0 Å². The molecule has 0 aromatic heterocycles. The number of benzene rings is 1. The third-order valence-corrected chi connectivity index (χ3v) is 5.27. The van der Waals surface area contributed by atoms with Crippen molar-refractivity contribution < 1.29 is 4.74 Å². The number of hydrogen-bond donors (Lipinski definition) is 2. The maximum atomic E-state index is 5.99. The number of halogens is 1. The van der Waals surface area contributed by atoms with Crippen LogP contribution in [0.3, 0.4) is 0 Å². The number of hydrogen-bond acceptors (Lipinski definition) is 3. The minimum Gasteiger partial charge on any atom is -0.488 e. The van der Waals surface area contributed by atoms with Gasteiger partial charge in [0.15, 0.2) is 5.96 Å². The molecule has 0 bridgehead atoms. The summed E-state index contributed by atoms with van der Waals surface area (Å²) >= 11 is 3.52. The summed E-state index contributed by atoms with van der Waals surface area (Å²) in [6, 6.07) is 9.04. The van der Waals surface area contributed by atoms with Crippen molar-refractivity contribution in [1.29, 1.82) is 0 Å². The lowest BCUT2D eigenvalue weighted by Gasteiger charge is -2.35. The second-order valence-electron chi connectivity index (χ2n) is 7.13. The smallest absolute Gasteiger partial charge is 0.191 e. The quantitative estimate of drug-likeness (QED) is 0.517. The molecule has 1 aromatic rings. The predicted octanol–water partition coefficient (Wildman–Crippen LogP) is 3.64. The van der Waals surface area contributed by atoms with E-state index in [1.54, 1.807) is 0 Å². The largest absolute Gasteiger partial charge is 0.488 e. The Labute approximate surface area is 166 Å². The lowest BCUT2D eigenvalue weighted by molar-refractivity contribution is 0.167. The Morgan fingerprint density at radius 1 is 1.27 bits per heavy atom. The summed E-state index contributed by atoms with van der Waals surface area (Å²) in [5, 5.41) is 6.95. The van der Waals surface area contributed by atoms with E-state index in [4.69, 9.17) is 9.73 Å². The molecular weight excluding hydrogens is 392 g/mol. The van der Waals surface area contributed by atoms with E-state index in [0.29, 0.717) is 18.6 Å². The highest BCUT2D eigenvalue weighted by Crippen LogP contribution is 2.24. The van der Waals surface area contributed by atoms with Crippen LogP contribution in [0.5, 0.6) is 5.75 Å². The highest BCUT2D eigenvalue weighted by Gasteiger charge is 2.21. The molecule has 5 nitrogen and oxygen atoms in total. The van der Waals surface area contributed by atoms with Gasteiger partial charge in [-0.05, 0) is 68.6 Å². The van der Waals surface area contributed by atoms with E-state index in [0.717, 1.165) is 48.7 Å². The molecule has 1 aliphatic heterocycles. The maximum absolute atomic E-state index is 5.99. The van der Waals surface area contributed by atoms with E-state index in [1.165, 1.54) is 0 Å². The molecule has 0 amide bonds. The van der Waals surface area contributed by atoms with Crippen LogP contribution in [-0.4, -0.2) is 55.2 Å². The van der Waals surface area contributed by atoms with Gasteiger partial charge in [-0.2, -0.15) is 0 Å². The zero-order valence-electron chi connectivity index (χ0n) is 16.5. The van der Waals surface area contributed by atoms with E-state index in [2.05, 4.69) is 52.2 Å². The van der Waals surface area contributed by atoms with E-state index < -0.39 is 0 Å². The normalized spacial score (nSPS) is 18.0. The number of nitrogens with zero attached hydrogens (tertiary/aromatic N) is 2. The number of aliphatic imine (C=N–C) groups is 1. The first-order chi connectivity index (χ1) is 12.5. The molecule has 1 aromatic carbocycles. The Morgan fingerprint density at radius 3 is 2.58 bits per heavy atom. The van der Waals surface area contributed by atoms with Crippen molar-refractivity contribution in [1.82, 2.24) is 15.5 Å². The fourth-order valence-electron chi connectivity index (χ4n) is 3.09. The lowest BCUT2D eigenvalue weighted by Crippen LogP contribution is -2.50. The van der Waals surface area contributed by atoms with Gasteiger partial charge in [0.05, 0.1) is 11.0 Å². The third-order valence-electron chi connectivity index (χ3n) is 4.62. The van der Waals surface area contributed by atoms with E-state index in [-0.39, 0.29) is 6.10 Å². The first kappa shape index (κ1) is 21.0. The molecule has 146 valence electrons. The molecule has 1 atom stereocenters. The molecule has 1 heterocycles. The summed E-state index contributed by atoms with van der Waals surface area (Å²) in [6.45, 7) is 12.5. The van der Waals surface area contributed by atoms with Gasteiger partial charge in [-0.3, -0.25) is 0 Å². The zero-order chi connectivity index (χ0) is 18.9. The SMILES string of the molecule is CCNC(=NCC(C)Oc1ccccc1Br)NC1CCN(C(C)C)CC1. The first-order valence-corrected chi connectivity index (χ1v) is 10.5. The van der Waals surface area contributed by atoms with Crippen LogP contribution >= 0.6 is 15.9 Å². The Kier molecular flexibility index (Phi) is 8.72. The van der Waals surface area contributed by atoms with Crippen LogP contribution < -0.4 is 15.4 Å². The number of para-hydroxylation sites is 1. The molecule has 1 unspecified atom stereocenters. The van der Waals surface area contributed by atoms with Crippen LogP contribution in [0.25, 0.3) is 0 Å². The summed E-state index contributed by atoms with van der Waals surface area (Å²) in [5.74, 6) is 1.74. The predicted molar refractivity (Wildman–Crippen MR) is 113 cm³/mol. The second-order valence-corrected chi connectivity index (χ2v) is 7.98. The molecule has 1 saturated heterocycles. The van der Waals surface area contributed by atoms with Gasteiger partial charge in [-0.15, -0.1) is 0 Å². The third kappa shape index (κ3) is 6.80. The number of rotatable bonds is 7. The van der Waals surface area contributed by atoms with Crippen molar-refractivity contribution in [2.24, 2.45) is 4.99 Å². The molecule has 1 fully saturated rings. The Bertz CT molecular complexity index is 571. The monoisotopic (exact) mass is 424 g/mol. The van der Waals surface area contributed by atoms with E-state index in [9.17, 15) is 0 Å².